The van der Waals surface area contributed by atoms with Crippen LogP contribution in [0.4, 0.5) is 0 Å². The zero-order valence-electron chi connectivity index (χ0n) is 14.2. The number of para-hydroxylation sites is 1. The number of nitrogens with zero attached hydrogens (tertiary/aromatic N) is 2. The fraction of sp³-hybridized carbons (Fsp3) is 0.200. The standard InChI is InChI=1S/C20H21N3O/c1-14-8-7-9-17(12-14)13-21-20(24)19-15(2)22-23(16(19)3)18-10-5-4-6-11-18/h4-12H,13H2,1-3H3,(H,21,24). The summed E-state index contributed by atoms with van der Waals surface area (Å²) < 4.78 is 1.82. The van der Waals surface area contributed by atoms with E-state index in [1.54, 1.807) is 0 Å². The van der Waals surface area contributed by atoms with Crippen LogP contribution in [0.1, 0.15) is 32.9 Å². The molecule has 24 heavy (non-hydrogen) atoms. The molecule has 0 unspecified atom stereocenters. The van der Waals surface area contributed by atoms with Crippen LogP contribution in [-0.4, -0.2) is 15.7 Å². The van der Waals surface area contributed by atoms with E-state index in [0.29, 0.717) is 12.1 Å². The molecule has 2 aromatic carbocycles. The Morgan fingerprint density at radius 1 is 1.04 bits per heavy atom. The van der Waals surface area contributed by atoms with Gasteiger partial charge in [-0.1, -0.05) is 48.0 Å². The highest BCUT2D eigenvalue weighted by Crippen LogP contribution is 2.18. The van der Waals surface area contributed by atoms with Crippen molar-refractivity contribution in [2.75, 3.05) is 0 Å². The molecule has 0 aliphatic rings. The van der Waals surface area contributed by atoms with Crippen molar-refractivity contribution in [1.29, 1.82) is 0 Å². The lowest BCUT2D eigenvalue weighted by molar-refractivity contribution is 0.0949. The first-order chi connectivity index (χ1) is 11.6. The predicted octanol–water partition coefficient (Wildman–Crippen LogP) is 3.73. The number of nitrogens with one attached hydrogen (secondary N) is 1. The van der Waals surface area contributed by atoms with Gasteiger partial charge in [0.15, 0.2) is 0 Å². The van der Waals surface area contributed by atoms with Crippen LogP contribution in [0.2, 0.25) is 0 Å². The van der Waals surface area contributed by atoms with Crippen LogP contribution in [0.15, 0.2) is 54.6 Å². The molecule has 0 saturated heterocycles. The number of carbonyl (C=O) groups is 1. The van der Waals surface area contributed by atoms with E-state index in [2.05, 4.69) is 16.5 Å². The van der Waals surface area contributed by atoms with Crippen LogP contribution >= 0.6 is 0 Å². The molecule has 0 bridgehead atoms. The van der Waals surface area contributed by atoms with Gasteiger partial charge in [0, 0.05) is 6.54 Å². The van der Waals surface area contributed by atoms with Crippen molar-refractivity contribution in [3.05, 3.63) is 82.7 Å². The molecule has 0 spiro atoms. The van der Waals surface area contributed by atoms with Crippen molar-refractivity contribution in [3.63, 3.8) is 0 Å². The van der Waals surface area contributed by atoms with E-state index in [4.69, 9.17) is 0 Å². The summed E-state index contributed by atoms with van der Waals surface area (Å²) in [6, 6.07) is 18.0. The first kappa shape index (κ1) is 16.0. The highest BCUT2D eigenvalue weighted by atomic mass is 16.1. The van der Waals surface area contributed by atoms with Crippen molar-refractivity contribution in [1.82, 2.24) is 15.1 Å². The molecule has 1 amide bonds. The highest BCUT2D eigenvalue weighted by molar-refractivity contribution is 5.96. The topological polar surface area (TPSA) is 46.9 Å². The fourth-order valence-corrected chi connectivity index (χ4v) is 2.88. The minimum Gasteiger partial charge on any atom is -0.348 e. The Balaban J connectivity index is 1.82. The number of amides is 1. The van der Waals surface area contributed by atoms with Gasteiger partial charge in [-0.25, -0.2) is 4.68 Å². The molecule has 1 aromatic heterocycles. The molecule has 1 N–H and O–H groups in total. The van der Waals surface area contributed by atoms with Gasteiger partial charge in [-0.05, 0) is 38.5 Å². The Morgan fingerprint density at radius 2 is 1.79 bits per heavy atom. The maximum absolute atomic E-state index is 12.6. The Labute approximate surface area is 142 Å². The van der Waals surface area contributed by atoms with E-state index in [9.17, 15) is 4.79 Å². The molecule has 3 rings (SSSR count). The maximum atomic E-state index is 12.6. The molecule has 122 valence electrons. The number of aryl methyl sites for hydroxylation is 2. The van der Waals surface area contributed by atoms with Crippen LogP contribution in [0.25, 0.3) is 5.69 Å². The van der Waals surface area contributed by atoms with Crippen molar-refractivity contribution >= 4 is 5.91 Å². The molecular weight excluding hydrogens is 298 g/mol. The van der Waals surface area contributed by atoms with Gasteiger partial charge in [0.05, 0.1) is 22.6 Å². The average molecular weight is 319 g/mol. The molecule has 0 aliphatic carbocycles. The molecule has 0 atom stereocenters. The summed E-state index contributed by atoms with van der Waals surface area (Å²) in [5, 5.41) is 7.52. The van der Waals surface area contributed by atoms with Crippen LogP contribution in [0.3, 0.4) is 0 Å². The lowest BCUT2D eigenvalue weighted by atomic mass is 10.1. The van der Waals surface area contributed by atoms with E-state index in [0.717, 1.165) is 22.6 Å². The highest BCUT2D eigenvalue weighted by Gasteiger charge is 2.19. The van der Waals surface area contributed by atoms with Crippen LogP contribution < -0.4 is 5.32 Å². The summed E-state index contributed by atoms with van der Waals surface area (Å²) in [6.45, 7) is 6.35. The van der Waals surface area contributed by atoms with E-state index in [-0.39, 0.29) is 5.91 Å². The molecule has 3 aromatic rings. The van der Waals surface area contributed by atoms with Gasteiger partial charge in [0.2, 0.25) is 0 Å². The predicted molar refractivity (Wildman–Crippen MR) is 95.4 cm³/mol. The SMILES string of the molecule is Cc1cccc(CNC(=O)c2c(C)nn(-c3ccccc3)c2C)c1. The van der Waals surface area contributed by atoms with Crippen molar-refractivity contribution in [2.24, 2.45) is 0 Å². The van der Waals surface area contributed by atoms with E-state index in [1.165, 1.54) is 5.56 Å². The second kappa shape index (κ2) is 6.71. The number of rotatable bonds is 4. The summed E-state index contributed by atoms with van der Waals surface area (Å²) in [5.41, 5.74) is 5.46. The van der Waals surface area contributed by atoms with Crippen LogP contribution in [0, 0.1) is 20.8 Å². The van der Waals surface area contributed by atoms with E-state index >= 15 is 0 Å². The molecule has 0 aliphatic heterocycles. The Kier molecular flexibility index (Phi) is 4.47. The molecule has 1 heterocycles. The molecule has 0 saturated carbocycles. The van der Waals surface area contributed by atoms with Gasteiger partial charge in [-0.2, -0.15) is 5.10 Å². The van der Waals surface area contributed by atoms with Crippen molar-refractivity contribution < 1.29 is 4.79 Å². The first-order valence-corrected chi connectivity index (χ1v) is 8.01. The average Bonchev–Trinajstić information content (AvgIpc) is 2.88. The normalized spacial score (nSPS) is 10.6. The third-order valence-corrected chi connectivity index (χ3v) is 4.05. The number of hydrogen-bond acceptors (Lipinski definition) is 2. The minimum atomic E-state index is -0.0892. The summed E-state index contributed by atoms with van der Waals surface area (Å²) >= 11 is 0. The second-order valence-corrected chi connectivity index (χ2v) is 5.96. The summed E-state index contributed by atoms with van der Waals surface area (Å²) in [6.07, 6.45) is 0. The van der Waals surface area contributed by atoms with Gasteiger partial charge in [0.25, 0.3) is 5.91 Å². The van der Waals surface area contributed by atoms with Gasteiger partial charge >= 0.3 is 0 Å². The van der Waals surface area contributed by atoms with Gasteiger partial charge in [-0.15, -0.1) is 0 Å². The summed E-state index contributed by atoms with van der Waals surface area (Å²) in [7, 11) is 0. The zero-order chi connectivity index (χ0) is 17.1. The third kappa shape index (κ3) is 3.23. The molecule has 4 nitrogen and oxygen atoms in total. The minimum absolute atomic E-state index is 0.0892. The lowest BCUT2D eigenvalue weighted by Gasteiger charge is -2.07. The second-order valence-electron chi connectivity index (χ2n) is 5.96. The fourth-order valence-electron chi connectivity index (χ4n) is 2.88. The molecular formula is C20H21N3O. The van der Waals surface area contributed by atoms with Crippen molar-refractivity contribution in [2.45, 2.75) is 27.3 Å². The first-order valence-electron chi connectivity index (χ1n) is 8.01. The molecule has 0 radical (unpaired) electrons. The summed E-state index contributed by atoms with van der Waals surface area (Å²) in [4.78, 5) is 12.6. The largest absolute Gasteiger partial charge is 0.348 e. The van der Waals surface area contributed by atoms with Crippen molar-refractivity contribution in [3.8, 4) is 5.69 Å². The van der Waals surface area contributed by atoms with Gasteiger partial charge < -0.3 is 5.32 Å². The quantitative estimate of drug-likeness (QED) is 0.796. The third-order valence-electron chi connectivity index (χ3n) is 4.05. The number of carbonyl (C=O) groups excluding carboxylic acids is 1. The number of aromatic nitrogens is 2. The lowest BCUT2D eigenvalue weighted by Crippen LogP contribution is -2.24. The number of benzene rings is 2. The Hall–Kier alpha value is -2.88. The van der Waals surface area contributed by atoms with Crippen LogP contribution in [0.5, 0.6) is 0 Å². The zero-order valence-corrected chi connectivity index (χ0v) is 14.2. The molecule has 0 fully saturated rings. The maximum Gasteiger partial charge on any atom is 0.255 e. The Bertz CT molecular complexity index is 866. The number of hydrogen-bond donors (Lipinski definition) is 1. The monoisotopic (exact) mass is 319 g/mol. The van der Waals surface area contributed by atoms with E-state index < -0.39 is 0 Å². The smallest absolute Gasteiger partial charge is 0.255 e. The summed E-state index contributed by atoms with van der Waals surface area (Å²) in [5.74, 6) is -0.0892. The van der Waals surface area contributed by atoms with Crippen LogP contribution in [-0.2, 0) is 6.54 Å². The Morgan fingerprint density at radius 3 is 2.50 bits per heavy atom. The van der Waals surface area contributed by atoms with Gasteiger partial charge in [0.1, 0.15) is 0 Å². The molecule has 4 heteroatoms. The van der Waals surface area contributed by atoms with E-state index in [1.807, 2.05) is 74.0 Å². The van der Waals surface area contributed by atoms with Gasteiger partial charge in [-0.3, -0.25) is 4.79 Å².